The average Bonchev–Trinajstić information content (AvgIpc) is 2.45. The van der Waals surface area contributed by atoms with Crippen molar-refractivity contribution in [3.63, 3.8) is 0 Å². The molecule has 1 amide bonds. The van der Waals surface area contributed by atoms with Crippen molar-refractivity contribution in [2.75, 3.05) is 43.1 Å². The summed E-state index contributed by atoms with van der Waals surface area (Å²) in [6, 6.07) is 8.09. The van der Waals surface area contributed by atoms with Crippen LogP contribution < -0.4 is 15.5 Å². The minimum Gasteiger partial charge on any atom is -0.378 e. The predicted molar refractivity (Wildman–Crippen MR) is 85.9 cm³/mol. The van der Waals surface area contributed by atoms with Gasteiger partial charge in [-0.2, -0.15) is 0 Å². The fraction of sp³-hybridized carbons (Fsp3) is 0.562. The molecule has 0 spiro atoms. The Labute approximate surface area is 126 Å². The lowest BCUT2D eigenvalue weighted by molar-refractivity contribution is -0.120. The monoisotopic (exact) mass is 291 g/mol. The van der Waals surface area contributed by atoms with E-state index >= 15 is 0 Å². The molecule has 0 unspecified atom stereocenters. The Bertz CT molecular complexity index is 477. The molecule has 1 aromatic carbocycles. The summed E-state index contributed by atoms with van der Waals surface area (Å²) in [5, 5.41) is 6.19. The summed E-state index contributed by atoms with van der Waals surface area (Å²) < 4.78 is 5.39. The van der Waals surface area contributed by atoms with E-state index in [2.05, 4.69) is 21.6 Å². The Morgan fingerprint density at radius 3 is 2.57 bits per heavy atom. The molecule has 0 radical (unpaired) electrons. The molecule has 1 aliphatic rings. The molecule has 21 heavy (non-hydrogen) atoms. The summed E-state index contributed by atoms with van der Waals surface area (Å²) in [7, 11) is 0. The highest BCUT2D eigenvalue weighted by molar-refractivity contribution is 5.83. The van der Waals surface area contributed by atoms with E-state index in [-0.39, 0.29) is 18.0 Å². The Kier molecular flexibility index (Phi) is 5.07. The van der Waals surface area contributed by atoms with Gasteiger partial charge in [0.05, 0.1) is 31.1 Å². The molecule has 0 aliphatic carbocycles. The zero-order valence-corrected chi connectivity index (χ0v) is 13.1. The van der Waals surface area contributed by atoms with Crippen LogP contribution in [0.1, 0.15) is 20.8 Å². The number of carbonyl (C=O) groups is 1. The normalized spacial score (nSPS) is 15.7. The minimum atomic E-state index is -0.206. The molecule has 1 saturated heterocycles. The molecule has 1 aromatic rings. The average molecular weight is 291 g/mol. The summed E-state index contributed by atoms with van der Waals surface area (Å²) in [6.07, 6.45) is 0. The highest BCUT2D eigenvalue weighted by Gasteiger charge is 2.16. The first-order valence-electron chi connectivity index (χ1n) is 7.42. The van der Waals surface area contributed by atoms with Crippen LogP contribution in [-0.2, 0) is 9.53 Å². The Balaban J connectivity index is 1.98. The fourth-order valence-corrected chi connectivity index (χ4v) is 2.34. The number of carbonyl (C=O) groups excluding carboxylic acids is 1. The molecular formula is C16H25N3O2. The first kappa shape index (κ1) is 15.6. The molecule has 0 saturated carbocycles. The van der Waals surface area contributed by atoms with Crippen LogP contribution in [0.15, 0.2) is 24.3 Å². The van der Waals surface area contributed by atoms with Gasteiger partial charge in [-0.05, 0) is 32.9 Å². The fourth-order valence-electron chi connectivity index (χ4n) is 2.34. The van der Waals surface area contributed by atoms with Gasteiger partial charge in [-0.1, -0.05) is 12.1 Å². The molecule has 1 aliphatic heterocycles. The second-order valence-corrected chi connectivity index (χ2v) is 6.27. The molecule has 1 heterocycles. The van der Waals surface area contributed by atoms with Crippen LogP contribution in [0.3, 0.4) is 0 Å². The lowest BCUT2D eigenvalue weighted by Gasteiger charge is -2.30. The van der Waals surface area contributed by atoms with Gasteiger partial charge in [-0.15, -0.1) is 0 Å². The van der Waals surface area contributed by atoms with Crippen molar-refractivity contribution in [2.24, 2.45) is 0 Å². The van der Waals surface area contributed by atoms with E-state index in [1.807, 2.05) is 39.0 Å². The topological polar surface area (TPSA) is 53.6 Å². The van der Waals surface area contributed by atoms with E-state index in [0.717, 1.165) is 37.7 Å². The predicted octanol–water partition coefficient (Wildman–Crippen LogP) is 1.85. The van der Waals surface area contributed by atoms with Gasteiger partial charge >= 0.3 is 0 Å². The maximum absolute atomic E-state index is 11.9. The van der Waals surface area contributed by atoms with Crippen molar-refractivity contribution in [2.45, 2.75) is 26.3 Å². The zero-order valence-electron chi connectivity index (χ0n) is 13.1. The largest absolute Gasteiger partial charge is 0.378 e. The van der Waals surface area contributed by atoms with Gasteiger partial charge in [0, 0.05) is 18.6 Å². The van der Waals surface area contributed by atoms with Gasteiger partial charge in [0.15, 0.2) is 0 Å². The van der Waals surface area contributed by atoms with Gasteiger partial charge in [0.1, 0.15) is 0 Å². The number of rotatable bonds is 4. The van der Waals surface area contributed by atoms with Crippen LogP contribution in [-0.4, -0.2) is 44.3 Å². The van der Waals surface area contributed by atoms with E-state index in [1.54, 1.807) is 0 Å². The van der Waals surface area contributed by atoms with E-state index in [1.165, 1.54) is 0 Å². The molecule has 5 heteroatoms. The van der Waals surface area contributed by atoms with Crippen molar-refractivity contribution < 1.29 is 9.53 Å². The third-order valence-electron chi connectivity index (χ3n) is 3.21. The molecule has 116 valence electrons. The summed E-state index contributed by atoms with van der Waals surface area (Å²) in [5.41, 5.74) is 1.91. The van der Waals surface area contributed by atoms with Crippen LogP contribution in [0, 0.1) is 0 Å². The van der Waals surface area contributed by atoms with Crippen molar-refractivity contribution >= 4 is 17.3 Å². The van der Waals surface area contributed by atoms with Crippen LogP contribution in [0.5, 0.6) is 0 Å². The number of amides is 1. The number of ether oxygens (including phenoxy) is 1. The summed E-state index contributed by atoms with van der Waals surface area (Å²) >= 11 is 0. The van der Waals surface area contributed by atoms with E-state index < -0.39 is 0 Å². The van der Waals surface area contributed by atoms with Crippen molar-refractivity contribution in [3.05, 3.63) is 24.3 Å². The number of para-hydroxylation sites is 2. The number of hydrogen-bond acceptors (Lipinski definition) is 4. The Morgan fingerprint density at radius 2 is 1.90 bits per heavy atom. The lowest BCUT2D eigenvalue weighted by atomic mass is 10.1. The first-order chi connectivity index (χ1) is 9.96. The Morgan fingerprint density at radius 1 is 1.24 bits per heavy atom. The molecule has 1 fully saturated rings. The van der Waals surface area contributed by atoms with Gasteiger partial charge in [-0.3, -0.25) is 4.79 Å². The van der Waals surface area contributed by atoms with E-state index in [0.29, 0.717) is 0 Å². The van der Waals surface area contributed by atoms with Crippen LogP contribution in [0.25, 0.3) is 0 Å². The maximum atomic E-state index is 11.9. The van der Waals surface area contributed by atoms with E-state index in [9.17, 15) is 4.79 Å². The third kappa shape index (κ3) is 4.93. The highest BCUT2D eigenvalue weighted by Crippen LogP contribution is 2.26. The molecule has 5 nitrogen and oxygen atoms in total. The second-order valence-electron chi connectivity index (χ2n) is 6.27. The van der Waals surface area contributed by atoms with Crippen LogP contribution in [0.4, 0.5) is 11.4 Å². The number of nitrogens with one attached hydrogen (secondary N) is 2. The first-order valence-corrected chi connectivity index (χ1v) is 7.42. The summed E-state index contributed by atoms with van der Waals surface area (Å²) in [6.45, 7) is 9.47. The van der Waals surface area contributed by atoms with Gasteiger partial charge in [0.2, 0.25) is 5.91 Å². The molecule has 0 bridgehead atoms. The number of benzene rings is 1. The van der Waals surface area contributed by atoms with Gasteiger partial charge < -0.3 is 20.3 Å². The smallest absolute Gasteiger partial charge is 0.239 e. The number of nitrogens with zero attached hydrogens (tertiary/aromatic N) is 1. The molecule has 2 rings (SSSR count). The Hall–Kier alpha value is -1.75. The summed E-state index contributed by atoms with van der Waals surface area (Å²) in [5.74, 6) is -0.000666. The molecule has 2 N–H and O–H groups in total. The number of hydrogen-bond donors (Lipinski definition) is 2. The van der Waals surface area contributed by atoms with Crippen LogP contribution >= 0.6 is 0 Å². The van der Waals surface area contributed by atoms with Crippen LogP contribution in [0.2, 0.25) is 0 Å². The van der Waals surface area contributed by atoms with Crippen molar-refractivity contribution in [1.82, 2.24) is 5.32 Å². The van der Waals surface area contributed by atoms with Crippen molar-refractivity contribution in [3.8, 4) is 0 Å². The quantitative estimate of drug-likeness (QED) is 0.889. The second kappa shape index (κ2) is 6.80. The lowest BCUT2D eigenvalue weighted by Crippen LogP contribution is -2.43. The standard InChI is InChI=1S/C16H25N3O2/c1-16(2,3)18-15(20)12-17-13-6-4-5-7-14(13)19-8-10-21-11-9-19/h4-7,17H,8-12H2,1-3H3,(H,18,20). The minimum absolute atomic E-state index is 0.000666. The number of anilines is 2. The molecular weight excluding hydrogens is 266 g/mol. The van der Waals surface area contributed by atoms with Gasteiger partial charge in [-0.25, -0.2) is 0 Å². The van der Waals surface area contributed by atoms with Gasteiger partial charge in [0.25, 0.3) is 0 Å². The van der Waals surface area contributed by atoms with Crippen molar-refractivity contribution in [1.29, 1.82) is 0 Å². The maximum Gasteiger partial charge on any atom is 0.239 e. The van der Waals surface area contributed by atoms with E-state index in [4.69, 9.17) is 4.74 Å². The zero-order chi connectivity index (χ0) is 15.3. The SMILES string of the molecule is CC(C)(C)NC(=O)CNc1ccccc1N1CCOCC1. The highest BCUT2D eigenvalue weighted by atomic mass is 16.5. The third-order valence-corrected chi connectivity index (χ3v) is 3.21. The molecule has 0 aromatic heterocycles. The molecule has 0 atom stereocenters. The number of morpholine rings is 1. The summed E-state index contributed by atoms with van der Waals surface area (Å²) in [4.78, 5) is 14.2.